The van der Waals surface area contributed by atoms with Crippen molar-refractivity contribution in [1.29, 1.82) is 0 Å². The third-order valence-corrected chi connectivity index (χ3v) is 5.61. The molecule has 1 aromatic heterocycles. The number of carbonyl (C=O) groups is 1. The van der Waals surface area contributed by atoms with E-state index >= 15 is 0 Å². The number of hydrazone groups is 1. The molecule has 0 saturated heterocycles. The molecule has 4 nitrogen and oxygen atoms in total. The van der Waals surface area contributed by atoms with E-state index in [4.69, 9.17) is 4.74 Å². The number of thiophene rings is 1. The van der Waals surface area contributed by atoms with E-state index in [2.05, 4.69) is 10.5 Å². The van der Waals surface area contributed by atoms with Gasteiger partial charge in [0.2, 0.25) is 0 Å². The first-order valence-electron chi connectivity index (χ1n) is 6.64. The average Bonchev–Trinajstić information content (AvgIpc) is 3.18. The summed E-state index contributed by atoms with van der Waals surface area (Å²) < 4.78 is 5.46. The van der Waals surface area contributed by atoms with Crippen LogP contribution in [0.1, 0.15) is 15.2 Å². The van der Waals surface area contributed by atoms with Crippen molar-refractivity contribution in [2.75, 3.05) is 12.3 Å². The van der Waals surface area contributed by atoms with Crippen molar-refractivity contribution in [1.82, 2.24) is 5.43 Å². The highest BCUT2D eigenvalue weighted by Crippen LogP contribution is 2.36. The van der Waals surface area contributed by atoms with Gasteiger partial charge in [0.05, 0.1) is 5.71 Å². The minimum atomic E-state index is -0.309. The number of carbonyl (C=O) groups excluding carboxylic acids is 1. The minimum Gasteiger partial charge on any atom is -0.422 e. The normalized spacial score (nSPS) is 19.2. The zero-order valence-electron chi connectivity index (χ0n) is 11.0. The SMILES string of the molecule is O=C(Oc1ccc2c(c1)C1=NNCC1CS2)c1cccs1. The lowest BCUT2D eigenvalue weighted by atomic mass is 9.98. The van der Waals surface area contributed by atoms with E-state index in [0.717, 1.165) is 23.6 Å². The van der Waals surface area contributed by atoms with E-state index in [1.165, 1.54) is 16.2 Å². The Kier molecular flexibility index (Phi) is 3.20. The Morgan fingerprint density at radius 2 is 2.33 bits per heavy atom. The number of esters is 1. The van der Waals surface area contributed by atoms with Gasteiger partial charge < -0.3 is 10.2 Å². The number of fused-ring (bicyclic) bond motifs is 3. The maximum Gasteiger partial charge on any atom is 0.353 e. The highest BCUT2D eigenvalue weighted by Gasteiger charge is 2.29. The lowest BCUT2D eigenvalue weighted by Gasteiger charge is -2.21. The van der Waals surface area contributed by atoms with Crippen LogP contribution in [0.5, 0.6) is 5.75 Å². The van der Waals surface area contributed by atoms with Gasteiger partial charge in [0.15, 0.2) is 0 Å². The van der Waals surface area contributed by atoms with Gasteiger partial charge in [-0.3, -0.25) is 0 Å². The number of rotatable bonds is 2. The minimum absolute atomic E-state index is 0.309. The molecule has 0 aliphatic carbocycles. The van der Waals surface area contributed by atoms with Gasteiger partial charge >= 0.3 is 5.97 Å². The van der Waals surface area contributed by atoms with Crippen LogP contribution in [0.2, 0.25) is 0 Å². The van der Waals surface area contributed by atoms with Gasteiger partial charge in [0.1, 0.15) is 10.6 Å². The van der Waals surface area contributed by atoms with Gasteiger partial charge in [0.25, 0.3) is 0 Å². The number of nitrogens with zero attached hydrogens (tertiary/aromatic N) is 1. The van der Waals surface area contributed by atoms with Crippen molar-refractivity contribution in [3.8, 4) is 5.75 Å². The molecule has 1 aromatic carbocycles. The number of benzene rings is 1. The summed E-state index contributed by atoms with van der Waals surface area (Å²) in [4.78, 5) is 13.8. The van der Waals surface area contributed by atoms with Crippen molar-refractivity contribution >= 4 is 34.8 Å². The molecule has 0 bridgehead atoms. The first-order valence-corrected chi connectivity index (χ1v) is 8.51. The van der Waals surface area contributed by atoms with Crippen LogP contribution in [0.25, 0.3) is 0 Å². The van der Waals surface area contributed by atoms with E-state index in [-0.39, 0.29) is 5.97 Å². The average molecular weight is 316 g/mol. The molecule has 3 heterocycles. The number of thioether (sulfide) groups is 1. The predicted octanol–water partition coefficient (Wildman–Crippen LogP) is 3.00. The molecule has 1 atom stereocenters. The molecule has 0 saturated carbocycles. The van der Waals surface area contributed by atoms with Crippen LogP contribution in [0.4, 0.5) is 0 Å². The summed E-state index contributed by atoms with van der Waals surface area (Å²) >= 11 is 3.21. The summed E-state index contributed by atoms with van der Waals surface area (Å²) in [6.07, 6.45) is 0. The molecular formula is C15H12N2O2S2. The third-order valence-electron chi connectivity index (χ3n) is 3.52. The van der Waals surface area contributed by atoms with Gasteiger partial charge in [-0.05, 0) is 29.6 Å². The lowest BCUT2D eigenvalue weighted by Crippen LogP contribution is -2.23. The summed E-state index contributed by atoms with van der Waals surface area (Å²) in [5, 5.41) is 6.25. The van der Waals surface area contributed by atoms with Crippen LogP contribution < -0.4 is 10.2 Å². The second-order valence-corrected chi connectivity index (χ2v) is 6.90. The van der Waals surface area contributed by atoms with Crippen LogP contribution in [-0.2, 0) is 0 Å². The highest BCUT2D eigenvalue weighted by atomic mass is 32.2. The predicted molar refractivity (Wildman–Crippen MR) is 84.5 cm³/mol. The van der Waals surface area contributed by atoms with Crippen LogP contribution >= 0.6 is 23.1 Å². The maximum atomic E-state index is 12.0. The third kappa shape index (κ3) is 2.34. The van der Waals surface area contributed by atoms with Crippen molar-refractivity contribution < 1.29 is 9.53 Å². The topological polar surface area (TPSA) is 50.7 Å². The summed E-state index contributed by atoms with van der Waals surface area (Å²) in [7, 11) is 0. The zero-order valence-corrected chi connectivity index (χ0v) is 12.7. The van der Waals surface area contributed by atoms with Crippen LogP contribution in [0.15, 0.2) is 45.7 Å². The fraction of sp³-hybridized carbons (Fsp3) is 0.200. The van der Waals surface area contributed by atoms with Crippen LogP contribution in [0.3, 0.4) is 0 Å². The molecule has 1 N–H and O–H groups in total. The van der Waals surface area contributed by atoms with E-state index < -0.39 is 0 Å². The molecule has 0 radical (unpaired) electrons. The number of hydrogen-bond acceptors (Lipinski definition) is 6. The Hall–Kier alpha value is -1.79. The van der Waals surface area contributed by atoms with E-state index in [1.54, 1.807) is 6.07 Å². The quantitative estimate of drug-likeness (QED) is 0.683. The van der Waals surface area contributed by atoms with Gasteiger partial charge in [-0.1, -0.05) is 6.07 Å². The van der Waals surface area contributed by atoms with Gasteiger partial charge in [-0.2, -0.15) is 5.10 Å². The zero-order chi connectivity index (χ0) is 14.2. The molecule has 0 fully saturated rings. The molecule has 2 aliphatic heterocycles. The molecule has 1 unspecified atom stereocenters. The Bertz CT molecular complexity index is 725. The summed E-state index contributed by atoms with van der Waals surface area (Å²) in [5.74, 6) is 1.76. The standard InChI is InChI=1S/C15H12N2O2S2/c18-15(13-2-1-5-20-13)19-10-3-4-12-11(6-10)14-9(8-21-12)7-16-17-14/h1-6,9,16H,7-8H2. The molecule has 0 spiro atoms. The molecule has 2 aromatic rings. The summed E-state index contributed by atoms with van der Waals surface area (Å²) in [6, 6.07) is 9.39. The van der Waals surface area contributed by atoms with Gasteiger partial charge in [-0.15, -0.1) is 23.1 Å². The molecule has 21 heavy (non-hydrogen) atoms. The number of ether oxygens (including phenoxy) is 1. The van der Waals surface area contributed by atoms with Crippen molar-refractivity contribution in [3.05, 3.63) is 46.2 Å². The van der Waals surface area contributed by atoms with Crippen LogP contribution in [0, 0.1) is 5.92 Å². The summed E-state index contributed by atoms with van der Waals surface area (Å²) in [6.45, 7) is 0.890. The number of hydrogen-bond donors (Lipinski definition) is 1. The fourth-order valence-electron chi connectivity index (χ4n) is 2.49. The Morgan fingerprint density at radius 3 is 3.19 bits per heavy atom. The largest absolute Gasteiger partial charge is 0.422 e. The van der Waals surface area contributed by atoms with Gasteiger partial charge in [0, 0.05) is 28.7 Å². The van der Waals surface area contributed by atoms with Crippen molar-refractivity contribution in [2.24, 2.45) is 11.0 Å². The molecule has 6 heteroatoms. The lowest BCUT2D eigenvalue weighted by molar-refractivity contribution is 0.0740. The van der Waals surface area contributed by atoms with Gasteiger partial charge in [-0.25, -0.2) is 4.79 Å². The van der Waals surface area contributed by atoms with E-state index in [9.17, 15) is 4.79 Å². The van der Waals surface area contributed by atoms with E-state index in [1.807, 2.05) is 41.4 Å². The van der Waals surface area contributed by atoms with Crippen molar-refractivity contribution in [2.45, 2.75) is 4.90 Å². The smallest absolute Gasteiger partial charge is 0.353 e. The molecule has 106 valence electrons. The number of nitrogens with one attached hydrogen (secondary N) is 1. The molecule has 0 amide bonds. The summed E-state index contributed by atoms with van der Waals surface area (Å²) in [5.41, 5.74) is 5.22. The monoisotopic (exact) mass is 316 g/mol. The first kappa shape index (κ1) is 12.9. The molecule has 4 rings (SSSR count). The maximum absolute atomic E-state index is 12.0. The van der Waals surface area contributed by atoms with E-state index in [0.29, 0.717) is 16.5 Å². The molecule has 2 aliphatic rings. The highest BCUT2D eigenvalue weighted by molar-refractivity contribution is 7.99. The fourth-order valence-corrected chi connectivity index (χ4v) is 4.23. The second kappa shape index (κ2) is 5.20. The van der Waals surface area contributed by atoms with Crippen LogP contribution in [-0.4, -0.2) is 24.0 Å². The Balaban J connectivity index is 1.63. The second-order valence-electron chi connectivity index (χ2n) is 4.89. The molecular weight excluding hydrogens is 304 g/mol. The van der Waals surface area contributed by atoms with Crippen molar-refractivity contribution in [3.63, 3.8) is 0 Å². The Morgan fingerprint density at radius 1 is 1.38 bits per heavy atom. The first-order chi connectivity index (χ1) is 10.3. The Labute approximate surface area is 130 Å².